The van der Waals surface area contributed by atoms with Crippen molar-refractivity contribution in [3.05, 3.63) is 71.0 Å². The van der Waals surface area contributed by atoms with Crippen LogP contribution in [0.3, 0.4) is 0 Å². The topological polar surface area (TPSA) is 66.6 Å². The maximum absolute atomic E-state index is 13.2. The third kappa shape index (κ3) is 4.63. The van der Waals surface area contributed by atoms with Gasteiger partial charge in [-0.05, 0) is 42.7 Å². The number of nitrogens with zero attached hydrogens (tertiary/aromatic N) is 1. The summed E-state index contributed by atoms with van der Waals surface area (Å²) >= 11 is 0. The normalized spacial score (nSPS) is 13.7. The van der Waals surface area contributed by atoms with Gasteiger partial charge in [0.15, 0.2) is 0 Å². The highest BCUT2D eigenvalue weighted by molar-refractivity contribution is 5.76. The Kier molecular flexibility index (Phi) is 6.06. The second-order valence-electron chi connectivity index (χ2n) is 6.00. The summed E-state index contributed by atoms with van der Waals surface area (Å²) in [5.74, 6) is -0.795. The van der Waals surface area contributed by atoms with Crippen molar-refractivity contribution < 1.29 is 14.3 Å². The van der Waals surface area contributed by atoms with Crippen LogP contribution in [0.25, 0.3) is 0 Å². The lowest BCUT2D eigenvalue weighted by Gasteiger charge is -2.30. The predicted molar refractivity (Wildman–Crippen MR) is 91.7 cm³/mol. The van der Waals surface area contributed by atoms with Crippen LogP contribution >= 0.6 is 0 Å². The number of primary amides is 1. The lowest BCUT2D eigenvalue weighted by atomic mass is 10.0. The third-order valence-corrected chi connectivity index (χ3v) is 4.19. The molecule has 5 heteroatoms. The monoisotopic (exact) mass is 330 g/mol. The summed E-state index contributed by atoms with van der Waals surface area (Å²) in [7, 11) is 0. The van der Waals surface area contributed by atoms with Crippen LogP contribution in [0.15, 0.2) is 48.5 Å². The van der Waals surface area contributed by atoms with Gasteiger partial charge in [-0.1, -0.05) is 36.4 Å². The van der Waals surface area contributed by atoms with Gasteiger partial charge in [0.25, 0.3) is 0 Å². The number of aliphatic hydroxyl groups is 1. The van der Waals surface area contributed by atoms with Crippen molar-refractivity contribution in [3.8, 4) is 0 Å². The second-order valence-corrected chi connectivity index (χ2v) is 6.00. The second kappa shape index (κ2) is 8.04. The largest absolute Gasteiger partial charge is 0.387 e. The number of aryl methyl sites for hydroxylation is 1. The smallest absolute Gasteiger partial charge is 0.231 e. The van der Waals surface area contributed by atoms with Gasteiger partial charge in [-0.2, -0.15) is 0 Å². The highest BCUT2D eigenvalue weighted by Crippen LogP contribution is 2.25. The Bertz CT molecular complexity index is 691. The van der Waals surface area contributed by atoms with E-state index in [1.165, 1.54) is 12.1 Å². The summed E-state index contributed by atoms with van der Waals surface area (Å²) < 4.78 is 13.2. The maximum atomic E-state index is 13.2. The molecule has 0 aliphatic carbocycles. The molecule has 0 aliphatic heterocycles. The fourth-order valence-corrected chi connectivity index (χ4v) is 2.84. The van der Waals surface area contributed by atoms with E-state index < -0.39 is 12.0 Å². The van der Waals surface area contributed by atoms with E-state index in [1.54, 1.807) is 13.0 Å². The lowest BCUT2D eigenvalue weighted by molar-refractivity contribution is -0.120. The molecule has 4 nitrogen and oxygen atoms in total. The van der Waals surface area contributed by atoms with E-state index in [9.17, 15) is 14.3 Å². The van der Waals surface area contributed by atoms with Crippen LogP contribution in [0, 0.1) is 12.7 Å². The Morgan fingerprint density at radius 3 is 2.50 bits per heavy atom. The van der Waals surface area contributed by atoms with Crippen LogP contribution in [0.1, 0.15) is 35.8 Å². The van der Waals surface area contributed by atoms with Gasteiger partial charge in [0.2, 0.25) is 5.91 Å². The molecule has 2 aromatic carbocycles. The van der Waals surface area contributed by atoms with Gasteiger partial charge in [0, 0.05) is 12.6 Å². The molecule has 0 saturated carbocycles. The Morgan fingerprint density at radius 1 is 1.25 bits per heavy atom. The summed E-state index contributed by atoms with van der Waals surface area (Å²) in [6.07, 6.45) is -0.837. The molecule has 3 N–H and O–H groups in total. The number of aliphatic hydroxyl groups excluding tert-OH is 1. The van der Waals surface area contributed by atoms with Gasteiger partial charge in [0.1, 0.15) is 5.82 Å². The number of benzene rings is 2. The summed E-state index contributed by atoms with van der Waals surface area (Å²) in [4.78, 5) is 13.2. The molecule has 0 bridgehead atoms. The average Bonchev–Trinajstić information content (AvgIpc) is 2.53. The van der Waals surface area contributed by atoms with Crippen molar-refractivity contribution in [2.45, 2.75) is 26.0 Å². The SMILES string of the molecule is Cc1cc(F)ccc1C(O)CN(CC(N)=O)[C@H](C)c1ccccc1. The van der Waals surface area contributed by atoms with Gasteiger partial charge in [-0.15, -0.1) is 0 Å². The number of amides is 1. The molecule has 2 rings (SSSR count). The van der Waals surface area contributed by atoms with Crippen LogP contribution in [0.5, 0.6) is 0 Å². The molecule has 128 valence electrons. The first-order valence-electron chi connectivity index (χ1n) is 7.90. The summed E-state index contributed by atoms with van der Waals surface area (Å²) in [6.45, 7) is 3.97. The Balaban J connectivity index is 2.20. The zero-order valence-electron chi connectivity index (χ0n) is 13.9. The minimum Gasteiger partial charge on any atom is -0.387 e. The van der Waals surface area contributed by atoms with E-state index in [2.05, 4.69) is 0 Å². The molecule has 1 amide bonds. The quantitative estimate of drug-likeness (QED) is 0.820. The van der Waals surface area contributed by atoms with Crippen LogP contribution in [0.2, 0.25) is 0 Å². The molecule has 0 saturated heterocycles. The molecular weight excluding hydrogens is 307 g/mol. The van der Waals surface area contributed by atoms with E-state index in [0.717, 1.165) is 5.56 Å². The first-order valence-corrected chi connectivity index (χ1v) is 7.90. The number of hydrogen-bond acceptors (Lipinski definition) is 3. The zero-order valence-corrected chi connectivity index (χ0v) is 13.9. The predicted octanol–water partition coefficient (Wildman–Crippen LogP) is 2.72. The summed E-state index contributed by atoms with van der Waals surface area (Å²) in [6, 6.07) is 13.9. The molecule has 2 aromatic rings. The van der Waals surface area contributed by atoms with E-state index in [0.29, 0.717) is 11.1 Å². The number of carbonyl (C=O) groups is 1. The molecule has 0 fully saturated rings. The van der Waals surface area contributed by atoms with Gasteiger partial charge in [0.05, 0.1) is 12.6 Å². The van der Waals surface area contributed by atoms with Crippen molar-refractivity contribution >= 4 is 5.91 Å². The van der Waals surface area contributed by atoms with Crippen LogP contribution in [0.4, 0.5) is 4.39 Å². The molecule has 0 spiro atoms. The number of halogens is 1. The fourth-order valence-electron chi connectivity index (χ4n) is 2.84. The number of rotatable bonds is 7. The zero-order chi connectivity index (χ0) is 17.7. The van der Waals surface area contributed by atoms with E-state index >= 15 is 0 Å². The van der Waals surface area contributed by atoms with Crippen molar-refractivity contribution in [1.29, 1.82) is 0 Å². The van der Waals surface area contributed by atoms with E-state index in [4.69, 9.17) is 5.73 Å². The molecule has 24 heavy (non-hydrogen) atoms. The highest BCUT2D eigenvalue weighted by Gasteiger charge is 2.22. The Labute approximate surface area is 141 Å². The maximum Gasteiger partial charge on any atom is 0.231 e. The van der Waals surface area contributed by atoms with Gasteiger partial charge in [-0.3, -0.25) is 9.69 Å². The van der Waals surface area contributed by atoms with Crippen LogP contribution in [-0.2, 0) is 4.79 Å². The number of hydrogen-bond donors (Lipinski definition) is 2. The summed E-state index contributed by atoms with van der Waals surface area (Å²) in [5, 5.41) is 10.6. The molecule has 0 aromatic heterocycles. The Morgan fingerprint density at radius 2 is 1.92 bits per heavy atom. The molecule has 1 unspecified atom stereocenters. The highest BCUT2D eigenvalue weighted by atomic mass is 19.1. The third-order valence-electron chi connectivity index (χ3n) is 4.19. The van der Waals surface area contributed by atoms with Crippen molar-refractivity contribution in [2.24, 2.45) is 5.73 Å². The van der Waals surface area contributed by atoms with Crippen LogP contribution < -0.4 is 5.73 Å². The van der Waals surface area contributed by atoms with Crippen molar-refractivity contribution in [1.82, 2.24) is 4.90 Å². The molecule has 0 radical (unpaired) electrons. The molecule has 0 heterocycles. The standard InChI is InChI=1S/C19H23FN2O2/c1-13-10-16(20)8-9-17(13)18(23)11-22(12-19(21)24)14(2)15-6-4-3-5-7-15/h3-10,14,18,23H,11-12H2,1-2H3,(H2,21,24)/t14-,18?/m1/s1. The molecular formula is C19H23FN2O2. The van der Waals surface area contributed by atoms with E-state index in [1.807, 2.05) is 42.2 Å². The fraction of sp³-hybridized carbons (Fsp3) is 0.316. The van der Waals surface area contributed by atoms with Gasteiger partial charge >= 0.3 is 0 Å². The average molecular weight is 330 g/mol. The van der Waals surface area contributed by atoms with Crippen molar-refractivity contribution in [3.63, 3.8) is 0 Å². The first-order chi connectivity index (χ1) is 11.4. The summed E-state index contributed by atoms with van der Waals surface area (Å²) in [5.41, 5.74) is 7.71. The van der Waals surface area contributed by atoms with Crippen molar-refractivity contribution in [2.75, 3.05) is 13.1 Å². The minimum atomic E-state index is -0.837. The number of nitrogens with two attached hydrogens (primary N) is 1. The molecule has 0 aliphatic rings. The van der Waals surface area contributed by atoms with Gasteiger partial charge < -0.3 is 10.8 Å². The number of carbonyl (C=O) groups excluding carboxylic acids is 1. The minimum absolute atomic E-state index is 0.0351. The first kappa shape index (κ1) is 18.1. The van der Waals surface area contributed by atoms with E-state index in [-0.39, 0.29) is 24.9 Å². The van der Waals surface area contributed by atoms with Crippen LogP contribution in [-0.4, -0.2) is 29.0 Å². The Hall–Kier alpha value is -2.24. The molecule has 2 atom stereocenters. The van der Waals surface area contributed by atoms with Gasteiger partial charge in [-0.25, -0.2) is 4.39 Å². The lowest BCUT2D eigenvalue weighted by Crippen LogP contribution is -2.38.